The molecule has 2 rings (SSSR count). The normalized spacial score (nSPS) is 10.9. The third kappa shape index (κ3) is 3.57. The molecule has 2 nitrogen and oxygen atoms in total. The fraction of sp³-hybridized carbons (Fsp3) is 0. The Hall–Kier alpha value is -1.89. The van der Waals surface area contributed by atoms with E-state index in [0.29, 0.717) is 10.6 Å². The highest BCUT2D eigenvalue weighted by atomic mass is 79.9. The van der Waals surface area contributed by atoms with E-state index in [1.54, 1.807) is 30.3 Å². The fourth-order valence-corrected chi connectivity index (χ4v) is 2.02. The number of carbonyl (C=O) groups is 1. The van der Waals surface area contributed by atoms with Crippen LogP contribution in [0.3, 0.4) is 0 Å². The Kier molecular flexibility index (Phi) is 4.73. The minimum Gasteiger partial charge on any atom is -0.288 e. The molecule has 0 saturated heterocycles. The summed E-state index contributed by atoms with van der Waals surface area (Å²) in [6, 6.07) is 15.8. The molecule has 0 saturated carbocycles. The number of hydrogen-bond donors (Lipinski definition) is 0. The summed E-state index contributed by atoms with van der Waals surface area (Å²) in [5.41, 5.74) is 1.33. The number of benzene rings is 2. The van der Waals surface area contributed by atoms with Crippen LogP contribution < -0.4 is 0 Å². The number of halogens is 2. The summed E-state index contributed by atoms with van der Waals surface area (Å²) in [5.74, 6) is -0.313. The van der Waals surface area contributed by atoms with Gasteiger partial charge < -0.3 is 0 Å². The lowest BCUT2D eigenvalue weighted by atomic mass is 10.0. The molecular weight excluding hydrogens is 338 g/mol. The first-order chi connectivity index (χ1) is 9.60. The number of allylic oxidation sites excluding steroid dienone is 1. The molecule has 0 aromatic heterocycles. The summed E-state index contributed by atoms with van der Waals surface area (Å²) in [4.78, 5) is 12.2. The van der Waals surface area contributed by atoms with Crippen molar-refractivity contribution in [3.8, 4) is 6.07 Å². The molecule has 0 heterocycles. The molecule has 0 amide bonds. The van der Waals surface area contributed by atoms with Crippen LogP contribution in [0.1, 0.15) is 15.9 Å². The van der Waals surface area contributed by atoms with Crippen molar-refractivity contribution in [2.24, 2.45) is 0 Å². The molecule has 2 aromatic rings. The van der Waals surface area contributed by atoms with Crippen molar-refractivity contribution in [2.75, 3.05) is 0 Å². The number of ketones is 1. The average Bonchev–Trinajstić information content (AvgIpc) is 2.47. The van der Waals surface area contributed by atoms with E-state index in [2.05, 4.69) is 15.9 Å². The van der Waals surface area contributed by atoms with Crippen LogP contribution in [0, 0.1) is 11.3 Å². The molecule has 0 atom stereocenters. The van der Waals surface area contributed by atoms with Gasteiger partial charge in [-0.25, -0.2) is 0 Å². The van der Waals surface area contributed by atoms with Gasteiger partial charge in [-0.05, 0) is 48.0 Å². The predicted molar refractivity (Wildman–Crippen MR) is 83.5 cm³/mol. The Bertz CT molecular complexity index is 697. The Balaban J connectivity index is 2.32. The van der Waals surface area contributed by atoms with E-state index in [1.807, 2.05) is 30.3 Å². The van der Waals surface area contributed by atoms with Crippen molar-refractivity contribution in [3.63, 3.8) is 0 Å². The quantitative estimate of drug-likeness (QED) is 0.451. The number of rotatable bonds is 3. The lowest BCUT2D eigenvalue weighted by Crippen LogP contribution is -2.01. The second-order valence-corrected chi connectivity index (χ2v) is 5.41. The predicted octanol–water partition coefficient (Wildman–Crippen LogP) is 4.89. The van der Waals surface area contributed by atoms with Gasteiger partial charge in [0.1, 0.15) is 11.6 Å². The van der Waals surface area contributed by atoms with Crippen molar-refractivity contribution in [1.82, 2.24) is 0 Å². The van der Waals surface area contributed by atoms with Gasteiger partial charge in [-0.1, -0.05) is 39.7 Å². The van der Waals surface area contributed by atoms with E-state index < -0.39 is 0 Å². The molecule has 0 spiro atoms. The standard InChI is InChI=1S/C16H9BrClNO/c17-14-5-1-11(2-6-14)9-13(10-19)16(20)12-3-7-15(18)8-4-12/h1-9H/b13-9+. The van der Waals surface area contributed by atoms with Crippen molar-refractivity contribution in [3.05, 3.63) is 74.7 Å². The van der Waals surface area contributed by atoms with Gasteiger partial charge in [0.2, 0.25) is 5.78 Å². The Morgan fingerprint density at radius 3 is 2.25 bits per heavy atom. The number of carbonyl (C=O) groups excluding carboxylic acids is 1. The van der Waals surface area contributed by atoms with E-state index in [9.17, 15) is 4.79 Å². The number of nitriles is 1. The molecule has 2 aromatic carbocycles. The van der Waals surface area contributed by atoms with E-state index >= 15 is 0 Å². The maximum atomic E-state index is 12.2. The second-order valence-electron chi connectivity index (χ2n) is 4.06. The summed E-state index contributed by atoms with van der Waals surface area (Å²) >= 11 is 9.12. The number of nitrogens with zero attached hydrogens (tertiary/aromatic N) is 1. The topological polar surface area (TPSA) is 40.9 Å². The van der Waals surface area contributed by atoms with Crippen LogP contribution in [0.4, 0.5) is 0 Å². The monoisotopic (exact) mass is 345 g/mol. The maximum absolute atomic E-state index is 12.2. The molecule has 0 aliphatic carbocycles. The van der Waals surface area contributed by atoms with Crippen LogP contribution in [0.25, 0.3) is 6.08 Å². The van der Waals surface area contributed by atoms with Gasteiger partial charge in [0.25, 0.3) is 0 Å². The third-order valence-electron chi connectivity index (χ3n) is 2.65. The smallest absolute Gasteiger partial charge is 0.203 e. The van der Waals surface area contributed by atoms with Gasteiger partial charge in [0.15, 0.2) is 0 Å². The first-order valence-corrected chi connectivity index (χ1v) is 6.95. The molecule has 0 unspecified atom stereocenters. The summed E-state index contributed by atoms with van der Waals surface area (Å²) < 4.78 is 0.942. The zero-order valence-electron chi connectivity index (χ0n) is 10.3. The lowest BCUT2D eigenvalue weighted by Gasteiger charge is -2.00. The van der Waals surface area contributed by atoms with Crippen LogP contribution >= 0.6 is 27.5 Å². The first-order valence-electron chi connectivity index (χ1n) is 5.78. The van der Waals surface area contributed by atoms with Crippen molar-refractivity contribution >= 4 is 39.4 Å². The third-order valence-corrected chi connectivity index (χ3v) is 3.43. The van der Waals surface area contributed by atoms with Crippen LogP contribution in [0.2, 0.25) is 5.02 Å². The van der Waals surface area contributed by atoms with E-state index in [4.69, 9.17) is 16.9 Å². The minimum atomic E-state index is -0.313. The van der Waals surface area contributed by atoms with Crippen molar-refractivity contribution in [1.29, 1.82) is 5.26 Å². The van der Waals surface area contributed by atoms with Gasteiger partial charge in [-0.15, -0.1) is 0 Å². The zero-order valence-corrected chi connectivity index (χ0v) is 12.6. The average molecular weight is 347 g/mol. The molecule has 0 bridgehead atoms. The molecular formula is C16H9BrClNO. The SMILES string of the molecule is N#C/C(=C\c1ccc(Br)cc1)C(=O)c1ccc(Cl)cc1. The highest BCUT2D eigenvalue weighted by molar-refractivity contribution is 9.10. The lowest BCUT2D eigenvalue weighted by molar-refractivity contribution is 0.104. The van der Waals surface area contributed by atoms with Gasteiger partial charge in [0.05, 0.1) is 0 Å². The van der Waals surface area contributed by atoms with Crippen molar-refractivity contribution < 1.29 is 4.79 Å². The Labute approximate surface area is 130 Å². The maximum Gasteiger partial charge on any atom is 0.203 e. The number of hydrogen-bond acceptors (Lipinski definition) is 2. The van der Waals surface area contributed by atoms with E-state index in [1.165, 1.54) is 0 Å². The molecule has 98 valence electrons. The van der Waals surface area contributed by atoms with E-state index in [-0.39, 0.29) is 11.4 Å². The summed E-state index contributed by atoms with van der Waals surface area (Å²) in [6.45, 7) is 0. The molecule has 0 fully saturated rings. The van der Waals surface area contributed by atoms with Crippen LogP contribution in [0.5, 0.6) is 0 Å². The van der Waals surface area contributed by atoms with Crippen molar-refractivity contribution in [2.45, 2.75) is 0 Å². The van der Waals surface area contributed by atoms with Crippen LogP contribution in [0.15, 0.2) is 58.6 Å². The zero-order chi connectivity index (χ0) is 14.5. The Morgan fingerprint density at radius 1 is 1.10 bits per heavy atom. The van der Waals surface area contributed by atoms with Gasteiger partial charge in [0, 0.05) is 15.1 Å². The highest BCUT2D eigenvalue weighted by Crippen LogP contribution is 2.17. The highest BCUT2D eigenvalue weighted by Gasteiger charge is 2.11. The summed E-state index contributed by atoms with van der Waals surface area (Å²) in [6.07, 6.45) is 1.57. The first kappa shape index (κ1) is 14.5. The minimum absolute atomic E-state index is 0.0923. The van der Waals surface area contributed by atoms with Gasteiger partial charge in [-0.3, -0.25) is 4.79 Å². The molecule has 20 heavy (non-hydrogen) atoms. The summed E-state index contributed by atoms with van der Waals surface area (Å²) in [7, 11) is 0. The molecule has 0 radical (unpaired) electrons. The van der Waals surface area contributed by atoms with Crippen LogP contribution in [-0.4, -0.2) is 5.78 Å². The van der Waals surface area contributed by atoms with Gasteiger partial charge in [-0.2, -0.15) is 5.26 Å². The van der Waals surface area contributed by atoms with E-state index in [0.717, 1.165) is 10.0 Å². The van der Waals surface area contributed by atoms with Gasteiger partial charge >= 0.3 is 0 Å². The molecule has 0 aliphatic heterocycles. The number of Topliss-reactive ketones (excluding diaryl/α,β-unsaturated/α-hetero) is 1. The molecule has 0 aliphatic rings. The second kappa shape index (κ2) is 6.51. The fourth-order valence-electron chi connectivity index (χ4n) is 1.63. The Morgan fingerprint density at radius 2 is 1.70 bits per heavy atom. The molecule has 0 N–H and O–H groups in total. The molecule has 4 heteroatoms. The summed E-state index contributed by atoms with van der Waals surface area (Å²) in [5, 5.41) is 9.71. The van der Waals surface area contributed by atoms with Crippen LogP contribution in [-0.2, 0) is 0 Å². The largest absolute Gasteiger partial charge is 0.288 e.